The van der Waals surface area contributed by atoms with Gasteiger partial charge in [0.05, 0.1) is 41.6 Å². The van der Waals surface area contributed by atoms with Crippen molar-refractivity contribution in [3.8, 4) is 0 Å². The van der Waals surface area contributed by atoms with Crippen LogP contribution in [0.3, 0.4) is 0 Å². The number of likely N-dealkylation sites (tertiary alicyclic amines) is 5. The number of methoxy groups -OCH3 is 5. The van der Waals surface area contributed by atoms with Crippen molar-refractivity contribution in [1.29, 1.82) is 0 Å². The van der Waals surface area contributed by atoms with Gasteiger partial charge in [0.25, 0.3) is 0 Å². The van der Waals surface area contributed by atoms with Crippen molar-refractivity contribution in [1.82, 2.24) is 56.4 Å². The van der Waals surface area contributed by atoms with E-state index in [0.29, 0.717) is 67.7 Å². The van der Waals surface area contributed by atoms with E-state index in [1.807, 2.05) is 118 Å². The third kappa shape index (κ3) is 22.7. The lowest BCUT2D eigenvalue weighted by molar-refractivity contribution is -0.154. The van der Waals surface area contributed by atoms with Crippen molar-refractivity contribution < 1.29 is 105 Å². The third-order valence-electron chi connectivity index (χ3n) is 29.5. The summed E-state index contributed by atoms with van der Waals surface area (Å²) in [6.45, 7) is 62.6. The maximum atomic E-state index is 13.3. The number of piperidine rings is 6. The summed E-state index contributed by atoms with van der Waals surface area (Å²) in [5.41, 5.74) is 3.58. The number of urea groups is 2. The lowest BCUT2D eigenvalue weighted by Crippen LogP contribution is -2.59. The van der Waals surface area contributed by atoms with Gasteiger partial charge in [-0.2, -0.15) is 0 Å². The quantitative estimate of drug-likeness (QED) is 0.0630. The van der Waals surface area contributed by atoms with Gasteiger partial charge in [-0.1, -0.05) is 166 Å². The number of nitrogens with one attached hydrogen (secondary N) is 6. The van der Waals surface area contributed by atoms with E-state index in [0.717, 1.165) is 6.54 Å². The Bertz CT molecular complexity index is 4110. The normalized spacial score (nSPS) is 30.4. The van der Waals surface area contributed by atoms with Gasteiger partial charge in [-0.3, -0.25) is 28.9 Å². The van der Waals surface area contributed by atoms with Crippen LogP contribution in [0.1, 0.15) is 208 Å². The predicted octanol–water partition coefficient (Wildman–Crippen LogP) is 8.78. The molecule has 22 atom stereocenters. The summed E-state index contributed by atoms with van der Waals surface area (Å²) < 4.78 is 35.1. The largest absolute Gasteiger partial charge is 0.480 e. The van der Waals surface area contributed by atoms with Crippen LogP contribution in [0.4, 0.5) is 19.2 Å². The molecule has 10 amide bonds. The van der Waals surface area contributed by atoms with E-state index in [1.54, 1.807) is 35.5 Å². The number of ether oxygens (including phenoxy) is 7. The lowest BCUT2D eigenvalue weighted by atomic mass is 9.85. The highest BCUT2D eigenvalue weighted by atomic mass is 35.5. The number of alkyl carbamates (subject to hydrolysis) is 1. The molecule has 0 aromatic rings. The number of halogens is 2. The summed E-state index contributed by atoms with van der Waals surface area (Å²) in [6, 6.07) is -6.76. The van der Waals surface area contributed by atoms with Crippen molar-refractivity contribution in [2.45, 2.75) is 279 Å². The molecule has 12 rings (SSSR count). The Balaban J connectivity index is 0.000000272. The maximum Gasteiger partial charge on any atom is 0.411 e. The molecule has 6 aliphatic heterocycles. The van der Waals surface area contributed by atoms with Crippen molar-refractivity contribution in [2.24, 2.45) is 131 Å². The fourth-order valence-corrected chi connectivity index (χ4v) is 21.1. The number of hydrogen-bond donors (Lipinski definition) is 8. The molecule has 12 fully saturated rings. The highest BCUT2D eigenvalue weighted by Crippen LogP contribution is 2.69. The summed E-state index contributed by atoms with van der Waals surface area (Å²) >= 11 is 0. The fraction of sp³-hybridized carbons (Fsp3) is 0.846. The lowest BCUT2D eigenvalue weighted by Gasteiger charge is -2.37. The van der Waals surface area contributed by atoms with Gasteiger partial charge in [0.2, 0.25) is 23.6 Å². The van der Waals surface area contributed by atoms with Crippen LogP contribution in [0.5, 0.6) is 0 Å². The van der Waals surface area contributed by atoms with Gasteiger partial charge in [0.1, 0.15) is 65.6 Å². The number of amides is 10. The van der Waals surface area contributed by atoms with E-state index in [1.165, 1.54) is 59.4 Å². The number of nitrogens with zero attached hydrogens (tertiary/aromatic N) is 5. The van der Waals surface area contributed by atoms with Crippen LogP contribution in [-0.4, -0.2) is 274 Å². The number of fused-ring (bicyclic) bond motifs is 6. The highest BCUT2D eigenvalue weighted by molar-refractivity contribution is 5.95. The first-order valence-electron chi connectivity index (χ1n) is 44.0. The molecule has 9 N–H and O–H groups in total. The average Bonchev–Trinajstić information content (AvgIpc) is 1.53. The summed E-state index contributed by atoms with van der Waals surface area (Å²) in [6.07, 6.45) is -1.07. The van der Waals surface area contributed by atoms with Gasteiger partial charge in [-0.05, 0) is 144 Å². The number of carboxylic acid groups (broad SMARTS) is 1. The van der Waals surface area contributed by atoms with E-state index in [9.17, 15) is 72.2 Å². The van der Waals surface area contributed by atoms with Crippen LogP contribution in [0.25, 0.3) is 0 Å². The Hall–Kier alpha value is -7.72. The number of carbonyl (C=O) groups excluding carboxylic acids is 13. The smallest absolute Gasteiger partial charge is 0.411 e. The summed E-state index contributed by atoms with van der Waals surface area (Å²) in [5, 5.41) is 25.8. The molecule has 127 heavy (non-hydrogen) atoms. The van der Waals surface area contributed by atoms with Crippen LogP contribution in [-0.2, 0) is 81.1 Å². The van der Waals surface area contributed by atoms with Crippen molar-refractivity contribution in [3.05, 3.63) is 0 Å². The molecule has 36 heteroatoms. The first kappa shape index (κ1) is 110. The van der Waals surface area contributed by atoms with Crippen LogP contribution < -0.4 is 37.6 Å². The van der Waals surface area contributed by atoms with Crippen molar-refractivity contribution in [3.63, 3.8) is 0 Å². The molecule has 34 nitrogen and oxygen atoms in total. The molecule has 0 aromatic heterocycles. The second-order valence-corrected chi connectivity index (χ2v) is 46.2. The Kier molecular flexibility index (Phi) is 33.1. The number of nitrogens with two attached hydrogens (primary N) is 1. The van der Waals surface area contributed by atoms with Gasteiger partial charge in [0.15, 0.2) is 0 Å². The topological polar surface area (TPSA) is 438 Å². The van der Waals surface area contributed by atoms with Gasteiger partial charge in [-0.15, -0.1) is 24.8 Å². The molecule has 6 heterocycles. The van der Waals surface area contributed by atoms with Gasteiger partial charge in [-0.25, -0.2) is 43.2 Å². The minimum atomic E-state index is -0.968. The van der Waals surface area contributed by atoms with Crippen LogP contribution >= 0.6 is 24.8 Å². The second-order valence-electron chi connectivity index (χ2n) is 46.2. The zero-order chi connectivity index (χ0) is 96.1. The SMILES string of the molecule is CNC(=O)N[C@H](C(=O)N1C[C@H]2[C@@H]([C@H]1C(=O)O)C2(C)C)C(C)(C)C.CNC(=O)N[C@H](C(=O)N1C[C@H]2[C@@H]([C@H]1C(=O)OC)C2(C)C)C(C)(C)C.COC(=O)C1NC[C@H]2[C@@H]1C2(C)C.COC(=O)[C@@H]1[C@@H]2[C@H](CN1C(=O)OC(C)(C)C)C2(C)C.COC(=O)[C@@H]1[C@@H]2[C@H](CN1C(=O)[C@@H](N)C(C)(C)C)C2(C)C.COC(=O)[C@@H]1[C@@H]2[C@H](CN1C(=O)[C@@H](NC(=O)OC(C)(C)C)C(C)(C)C)C2(C)C.Cl.Cl. The summed E-state index contributed by atoms with van der Waals surface area (Å²) in [4.78, 5) is 179. The Labute approximate surface area is 765 Å². The monoisotopic (exact) mass is 1840 g/mol. The molecule has 0 aromatic carbocycles. The minimum Gasteiger partial charge on any atom is -0.480 e. The second kappa shape index (κ2) is 38.2. The zero-order valence-corrected chi connectivity index (χ0v) is 84.2. The molecule has 6 aliphatic carbocycles. The summed E-state index contributed by atoms with van der Waals surface area (Å²) in [7, 11) is 9.85. The number of carbonyl (C=O) groups is 14. The van der Waals surface area contributed by atoms with E-state index >= 15 is 0 Å². The molecule has 726 valence electrons. The first-order chi connectivity index (χ1) is 56.7. The predicted molar refractivity (Wildman–Crippen MR) is 479 cm³/mol. The van der Waals surface area contributed by atoms with Crippen LogP contribution in [0.15, 0.2) is 0 Å². The molecule has 6 saturated carbocycles. The van der Waals surface area contributed by atoms with E-state index in [-0.39, 0.29) is 152 Å². The Morgan fingerprint density at radius 3 is 0.850 bits per heavy atom. The number of aliphatic carboxylic acids is 1. The first-order valence-corrected chi connectivity index (χ1v) is 44.0. The highest BCUT2D eigenvalue weighted by Gasteiger charge is 2.75. The summed E-state index contributed by atoms with van der Waals surface area (Å²) in [5.74, 6) is -0.179. The van der Waals surface area contributed by atoms with Crippen molar-refractivity contribution >= 4 is 109 Å². The number of hydrogen-bond acceptors (Lipinski definition) is 23. The molecule has 0 radical (unpaired) electrons. The molecular weight excluding hydrogens is 1680 g/mol. The van der Waals surface area contributed by atoms with Crippen molar-refractivity contribution in [2.75, 3.05) is 88.9 Å². The third-order valence-corrected chi connectivity index (χ3v) is 29.5. The standard InChI is InChI=1S/C20H34N2O5.C17H29N3O4.C16H27N3O4.C15H26N2O3.C14H23NO4.C9H15NO2.2ClH/c1-18(2,3)14(21-17(25)27-19(4,5)6)15(23)22-10-11-12(20(11,7)8)13(22)16(24)26-9;1-16(2,3)12(19-15(23)18-6)13(21)20-8-9-10(17(9,4)5)11(20)14(22)24-7;1-15(2,3)11(18-14(23)17-6)12(20)19-7-8-9(16(8,4)5)10(19)13(21)22;1-14(2,3)11(16)12(18)17-7-8-9(15(8,4)5)10(17)13(19)20-6;1-13(2,3)19-12(17)15-7-8-9(14(8,4)5)10(15)11(16)18-6;1-9(2)5-4-10-7(6(5)9)8(11)12-3;;/h11-14H,10H2,1-9H3,(H,21,25);9-12H,8H2,1-7H3,(H2,18,19,23);8-11H,7H2,1-6H3,(H,21,22)(H2,17,18,23);8-11H,7,16H2,1-6H3;8-10H,7H2,1-6H3;5-7,10H,4H2,1-3H3;2*1H/t11-,12-,13-,14+;9-,10-,11-,12+;2*8-,9-,10-,11+;8-,9-,10-;5-,6-,7?;;/m000000../s1. The van der Waals surface area contributed by atoms with Crippen LogP contribution in [0.2, 0.25) is 0 Å². The Morgan fingerprint density at radius 1 is 0.354 bits per heavy atom. The molecule has 0 bridgehead atoms. The van der Waals surface area contributed by atoms with E-state index < -0.39 is 118 Å². The molecule has 0 spiro atoms. The fourth-order valence-electron chi connectivity index (χ4n) is 21.1. The Morgan fingerprint density at radius 2 is 0.606 bits per heavy atom. The van der Waals surface area contributed by atoms with Gasteiger partial charge >= 0.3 is 60.1 Å². The minimum absolute atomic E-state index is 0. The van der Waals surface area contributed by atoms with Gasteiger partial charge < -0.3 is 95.5 Å². The van der Waals surface area contributed by atoms with E-state index in [2.05, 4.69) is 101 Å². The molecule has 1 unspecified atom stereocenters. The number of carboxylic acids is 1. The zero-order valence-electron chi connectivity index (χ0n) is 82.6. The average molecular weight is 1840 g/mol. The number of rotatable bonds is 13. The number of esters is 5. The van der Waals surface area contributed by atoms with E-state index in [4.69, 9.17) is 38.9 Å². The molecule has 6 saturated heterocycles. The molecule has 12 aliphatic rings. The molecular formula is C91H156Cl2N12O22. The van der Waals surface area contributed by atoms with Crippen LogP contribution in [0, 0.1) is 125 Å². The maximum absolute atomic E-state index is 13.3. The van der Waals surface area contributed by atoms with Gasteiger partial charge in [0, 0.05) is 76.4 Å².